The summed E-state index contributed by atoms with van der Waals surface area (Å²) in [5.41, 5.74) is 3.26. The second-order valence-corrected chi connectivity index (χ2v) is 7.58. The van der Waals surface area contributed by atoms with Crippen LogP contribution in [0.1, 0.15) is 27.2 Å². The molecule has 28 heavy (non-hydrogen) atoms. The molecule has 144 valence electrons. The second-order valence-electron chi connectivity index (χ2n) is 7.17. The maximum atomic E-state index is 13.3. The maximum absolute atomic E-state index is 13.3. The van der Waals surface area contributed by atoms with Crippen LogP contribution in [0.2, 0.25) is 5.02 Å². The molecule has 1 aliphatic rings. The van der Waals surface area contributed by atoms with E-state index in [0.717, 1.165) is 22.1 Å². The van der Waals surface area contributed by atoms with E-state index in [1.165, 1.54) is 0 Å². The Kier molecular flexibility index (Phi) is 4.85. The van der Waals surface area contributed by atoms with Crippen LogP contribution in [0.5, 0.6) is 0 Å². The minimum Gasteiger partial charge on any atom is -0.449 e. The lowest BCUT2D eigenvalue weighted by Gasteiger charge is -2.34. The first-order chi connectivity index (χ1) is 13.5. The van der Waals surface area contributed by atoms with Crippen molar-refractivity contribution in [2.75, 3.05) is 13.1 Å². The number of piperazine rings is 1. The zero-order chi connectivity index (χ0) is 19.8. The number of carbonyl (C=O) groups is 2. The van der Waals surface area contributed by atoms with E-state index in [9.17, 15) is 9.59 Å². The topological polar surface area (TPSA) is 62.6 Å². The van der Waals surface area contributed by atoms with Gasteiger partial charge in [0, 0.05) is 30.5 Å². The van der Waals surface area contributed by atoms with Crippen molar-refractivity contribution in [1.29, 1.82) is 0 Å². The van der Waals surface area contributed by atoms with Crippen LogP contribution in [0.25, 0.3) is 11.0 Å². The second kappa shape index (κ2) is 7.32. The van der Waals surface area contributed by atoms with E-state index in [0.29, 0.717) is 30.1 Å². The Morgan fingerprint density at radius 3 is 2.75 bits per heavy atom. The van der Waals surface area contributed by atoms with Crippen LogP contribution >= 0.6 is 11.6 Å². The van der Waals surface area contributed by atoms with Gasteiger partial charge in [0.2, 0.25) is 5.91 Å². The van der Waals surface area contributed by atoms with Gasteiger partial charge in [-0.2, -0.15) is 0 Å². The molecule has 5 nitrogen and oxygen atoms in total. The van der Waals surface area contributed by atoms with Crippen LogP contribution in [0.3, 0.4) is 0 Å². The SMILES string of the molecule is Cc1cc(Cl)c2oc(C(=O)N3CCNC(=O)C3Cc3ccccc3)c(C)c2c1. The fourth-order valence-electron chi connectivity index (χ4n) is 3.74. The van der Waals surface area contributed by atoms with Crippen molar-refractivity contribution in [2.45, 2.75) is 26.3 Å². The van der Waals surface area contributed by atoms with Crippen LogP contribution in [-0.4, -0.2) is 35.8 Å². The summed E-state index contributed by atoms with van der Waals surface area (Å²) in [6.07, 6.45) is 0.456. The number of halogens is 1. The Bertz CT molecular complexity index is 1060. The maximum Gasteiger partial charge on any atom is 0.290 e. The molecule has 1 N–H and O–H groups in total. The number of furan rings is 1. The van der Waals surface area contributed by atoms with Crippen molar-refractivity contribution >= 4 is 34.4 Å². The Hall–Kier alpha value is -2.79. The lowest BCUT2D eigenvalue weighted by Crippen LogP contribution is -2.58. The molecule has 0 aliphatic carbocycles. The highest BCUT2D eigenvalue weighted by molar-refractivity contribution is 6.35. The van der Waals surface area contributed by atoms with E-state index in [4.69, 9.17) is 16.0 Å². The largest absolute Gasteiger partial charge is 0.449 e. The van der Waals surface area contributed by atoms with Crippen LogP contribution in [-0.2, 0) is 11.2 Å². The molecule has 0 spiro atoms. The average Bonchev–Trinajstić information content (AvgIpc) is 3.01. The summed E-state index contributed by atoms with van der Waals surface area (Å²) in [7, 11) is 0. The Balaban J connectivity index is 1.71. The van der Waals surface area contributed by atoms with Gasteiger partial charge in [-0.15, -0.1) is 0 Å². The first-order valence-electron chi connectivity index (χ1n) is 9.27. The summed E-state index contributed by atoms with van der Waals surface area (Å²) in [6.45, 7) is 4.66. The molecule has 0 bridgehead atoms. The number of carbonyl (C=O) groups excluding carboxylic acids is 2. The molecule has 0 saturated carbocycles. The third-order valence-corrected chi connectivity index (χ3v) is 5.48. The summed E-state index contributed by atoms with van der Waals surface area (Å²) < 4.78 is 5.88. The lowest BCUT2D eigenvalue weighted by atomic mass is 10.0. The summed E-state index contributed by atoms with van der Waals surface area (Å²) in [5, 5.41) is 4.17. The molecule has 4 rings (SSSR count). The smallest absolute Gasteiger partial charge is 0.290 e. The zero-order valence-corrected chi connectivity index (χ0v) is 16.5. The Morgan fingerprint density at radius 2 is 2.00 bits per heavy atom. The third-order valence-electron chi connectivity index (χ3n) is 5.19. The molecule has 0 radical (unpaired) electrons. The van der Waals surface area contributed by atoms with Crippen molar-refractivity contribution in [1.82, 2.24) is 10.2 Å². The number of hydrogen-bond donors (Lipinski definition) is 1. The quantitative estimate of drug-likeness (QED) is 0.730. The van der Waals surface area contributed by atoms with Gasteiger partial charge in [0.1, 0.15) is 6.04 Å². The Morgan fingerprint density at radius 1 is 1.25 bits per heavy atom. The molecule has 1 saturated heterocycles. The molecule has 1 aromatic heterocycles. The van der Waals surface area contributed by atoms with Gasteiger partial charge in [-0.3, -0.25) is 9.59 Å². The molecular weight excluding hydrogens is 376 g/mol. The standard InChI is InChI=1S/C22H21ClN2O3/c1-13-10-16-14(2)19(28-20(16)17(23)11-13)22(27)25-9-8-24-21(26)18(25)12-15-6-4-3-5-7-15/h3-7,10-11,18H,8-9,12H2,1-2H3,(H,24,26). The third kappa shape index (κ3) is 3.27. The first kappa shape index (κ1) is 18.6. The summed E-state index contributed by atoms with van der Waals surface area (Å²) >= 11 is 6.31. The van der Waals surface area contributed by atoms with E-state index in [1.807, 2.05) is 56.3 Å². The fourth-order valence-corrected chi connectivity index (χ4v) is 4.06. The Labute approximate surface area is 168 Å². The molecule has 1 unspecified atom stereocenters. The predicted molar refractivity (Wildman–Crippen MR) is 109 cm³/mol. The van der Waals surface area contributed by atoms with E-state index in [2.05, 4.69) is 5.32 Å². The van der Waals surface area contributed by atoms with Crippen LogP contribution < -0.4 is 5.32 Å². The number of amides is 2. The number of aryl methyl sites for hydroxylation is 2. The van der Waals surface area contributed by atoms with Gasteiger partial charge in [-0.1, -0.05) is 41.9 Å². The number of nitrogens with zero attached hydrogens (tertiary/aromatic N) is 1. The molecule has 2 aromatic carbocycles. The number of benzene rings is 2. The van der Waals surface area contributed by atoms with Crippen molar-refractivity contribution < 1.29 is 14.0 Å². The highest BCUT2D eigenvalue weighted by atomic mass is 35.5. The first-order valence-corrected chi connectivity index (χ1v) is 9.65. The van der Waals surface area contributed by atoms with Gasteiger partial charge in [-0.25, -0.2) is 0 Å². The minimum absolute atomic E-state index is 0.147. The van der Waals surface area contributed by atoms with Gasteiger partial charge in [0.15, 0.2) is 11.3 Å². The van der Waals surface area contributed by atoms with E-state index >= 15 is 0 Å². The van der Waals surface area contributed by atoms with Gasteiger partial charge >= 0.3 is 0 Å². The van der Waals surface area contributed by atoms with Crippen molar-refractivity contribution in [3.05, 3.63) is 69.9 Å². The molecule has 2 heterocycles. The number of hydrogen-bond acceptors (Lipinski definition) is 3. The van der Waals surface area contributed by atoms with E-state index in [1.54, 1.807) is 4.90 Å². The number of nitrogens with one attached hydrogen (secondary N) is 1. The zero-order valence-electron chi connectivity index (χ0n) is 15.8. The highest BCUT2D eigenvalue weighted by Crippen LogP contribution is 2.33. The highest BCUT2D eigenvalue weighted by Gasteiger charge is 2.36. The summed E-state index contributed by atoms with van der Waals surface area (Å²) in [4.78, 5) is 27.5. The minimum atomic E-state index is -0.575. The molecule has 1 fully saturated rings. The van der Waals surface area contributed by atoms with Crippen LogP contribution in [0.4, 0.5) is 0 Å². The van der Waals surface area contributed by atoms with Gasteiger partial charge in [-0.05, 0) is 37.1 Å². The molecule has 3 aromatic rings. The average molecular weight is 397 g/mol. The monoisotopic (exact) mass is 396 g/mol. The number of rotatable bonds is 3. The van der Waals surface area contributed by atoms with Gasteiger partial charge in [0.25, 0.3) is 5.91 Å². The molecule has 1 aliphatic heterocycles. The van der Waals surface area contributed by atoms with E-state index in [-0.39, 0.29) is 17.6 Å². The summed E-state index contributed by atoms with van der Waals surface area (Å²) in [6, 6.07) is 12.9. The van der Waals surface area contributed by atoms with Gasteiger partial charge in [0.05, 0.1) is 5.02 Å². The lowest BCUT2D eigenvalue weighted by molar-refractivity contribution is -0.127. The molecule has 6 heteroatoms. The predicted octanol–water partition coefficient (Wildman–Crippen LogP) is 3.89. The molecular formula is C22H21ClN2O3. The number of fused-ring (bicyclic) bond motifs is 1. The van der Waals surface area contributed by atoms with Crippen LogP contribution in [0, 0.1) is 13.8 Å². The van der Waals surface area contributed by atoms with Crippen molar-refractivity contribution in [3.63, 3.8) is 0 Å². The van der Waals surface area contributed by atoms with E-state index < -0.39 is 6.04 Å². The summed E-state index contributed by atoms with van der Waals surface area (Å²) in [5.74, 6) is -0.181. The molecule has 2 amide bonds. The molecule has 1 atom stereocenters. The van der Waals surface area contributed by atoms with Crippen LogP contribution in [0.15, 0.2) is 46.9 Å². The fraction of sp³-hybridized carbons (Fsp3) is 0.273. The van der Waals surface area contributed by atoms with Crippen molar-refractivity contribution in [2.24, 2.45) is 0 Å². The van der Waals surface area contributed by atoms with Gasteiger partial charge < -0.3 is 14.6 Å². The normalized spacial score (nSPS) is 17.0. The van der Waals surface area contributed by atoms with Crippen molar-refractivity contribution in [3.8, 4) is 0 Å².